The zero-order chi connectivity index (χ0) is 20.8. The van der Waals surface area contributed by atoms with E-state index < -0.39 is 5.97 Å². The molecule has 0 spiro atoms. The Bertz CT molecular complexity index is 1020. The molecule has 0 bridgehead atoms. The molecule has 0 aliphatic carbocycles. The van der Waals surface area contributed by atoms with Gasteiger partial charge in [-0.25, -0.2) is 13.9 Å². The lowest BCUT2D eigenvalue weighted by molar-refractivity contribution is -0.145. The van der Waals surface area contributed by atoms with Gasteiger partial charge >= 0.3 is 5.97 Å². The molecule has 0 saturated carbocycles. The molecule has 3 aromatic rings. The molecule has 0 aliphatic rings. The van der Waals surface area contributed by atoms with E-state index in [1.54, 1.807) is 54.9 Å². The Kier molecular flexibility index (Phi) is 6.23. The molecule has 0 fully saturated rings. The zero-order valence-corrected chi connectivity index (χ0v) is 16.0. The second-order valence-corrected chi connectivity index (χ2v) is 6.11. The molecule has 8 heteroatoms. The summed E-state index contributed by atoms with van der Waals surface area (Å²) in [6.45, 7) is 3.54. The van der Waals surface area contributed by atoms with Gasteiger partial charge in [-0.1, -0.05) is 6.07 Å². The summed E-state index contributed by atoms with van der Waals surface area (Å²) >= 11 is 0. The van der Waals surface area contributed by atoms with Crippen LogP contribution in [0.1, 0.15) is 23.0 Å². The molecular weight excluding hydrogens is 377 g/mol. The maximum absolute atomic E-state index is 13.1. The zero-order valence-electron chi connectivity index (χ0n) is 16.0. The Morgan fingerprint density at radius 2 is 1.93 bits per heavy atom. The average Bonchev–Trinajstić information content (AvgIpc) is 3.09. The van der Waals surface area contributed by atoms with Crippen molar-refractivity contribution in [3.05, 3.63) is 71.8 Å². The number of esters is 1. The van der Waals surface area contributed by atoms with Gasteiger partial charge in [0.05, 0.1) is 29.7 Å². The smallest absolute Gasteiger partial charge is 0.344 e. The first-order valence-electron chi connectivity index (χ1n) is 8.98. The van der Waals surface area contributed by atoms with Crippen molar-refractivity contribution in [1.29, 1.82) is 0 Å². The van der Waals surface area contributed by atoms with Crippen molar-refractivity contribution >= 4 is 17.6 Å². The van der Waals surface area contributed by atoms with E-state index in [9.17, 15) is 14.0 Å². The molecule has 0 saturated heterocycles. The lowest BCUT2D eigenvalue weighted by Gasteiger charge is -2.09. The maximum Gasteiger partial charge on any atom is 0.344 e. The molecule has 2 aromatic carbocycles. The molecule has 150 valence electrons. The van der Waals surface area contributed by atoms with E-state index in [1.807, 2.05) is 0 Å². The van der Waals surface area contributed by atoms with Gasteiger partial charge in [-0.2, -0.15) is 5.10 Å². The Morgan fingerprint density at radius 3 is 2.66 bits per heavy atom. The number of benzene rings is 2. The van der Waals surface area contributed by atoms with Crippen molar-refractivity contribution < 1.29 is 23.5 Å². The topological polar surface area (TPSA) is 82.4 Å². The van der Waals surface area contributed by atoms with Crippen LogP contribution in [0.2, 0.25) is 0 Å². The molecule has 0 aliphatic heterocycles. The fourth-order valence-corrected chi connectivity index (χ4v) is 2.68. The number of nitrogens with one attached hydrogen (secondary N) is 1. The number of amides is 1. The minimum absolute atomic E-state index is 0.214. The summed E-state index contributed by atoms with van der Waals surface area (Å²) in [5, 5.41) is 7.00. The van der Waals surface area contributed by atoms with Crippen LogP contribution in [-0.4, -0.2) is 34.9 Å². The molecule has 7 nitrogen and oxygen atoms in total. The van der Waals surface area contributed by atoms with Crippen LogP contribution in [0.5, 0.6) is 5.75 Å². The predicted molar refractivity (Wildman–Crippen MR) is 105 cm³/mol. The second-order valence-electron chi connectivity index (χ2n) is 6.11. The summed E-state index contributed by atoms with van der Waals surface area (Å²) < 4.78 is 24.9. The largest absolute Gasteiger partial charge is 0.482 e. The average molecular weight is 397 g/mol. The molecule has 3 rings (SSSR count). The number of hydrogen-bond donors (Lipinski definition) is 1. The number of nitrogens with zero attached hydrogens (tertiary/aromatic N) is 2. The normalized spacial score (nSPS) is 10.4. The first-order valence-corrected chi connectivity index (χ1v) is 8.98. The number of rotatable bonds is 7. The van der Waals surface area contributed by atoms with E-state index in [-0.39, 0.29) is 24.9 Å². The highest BCUT2D eigenvalue weighted by Gasteiger charge is 2.16. The van der Waals surface area contributed by atoms with Crippen LogP contribution in [0.3, 0.4) is 0 Å². The third-order valence-electron chi connectivity index (χ3n) is 4.08. The maximum atomic E-state index is 13.1. The van der Waals surface area contributed by atoms with Crippen molar-refractivity contribution in [2.24, 2.45) is 0 Å². The van der Waals surface area contributed by atoms with E-state index in [2.05, 4.69) is 10.4 Å². The van der Waals surface area contributed by atoms with Gasteiger partial charge in [-0.3, -0.25) is 4.79 Å². The van der Waals surface area contributed by atoms with Gasteiger partial charge in [0, 0.05) is 11.8 Å². The molecular formula is C21H20FN3O4. The minimum atomic E-state index is -0.467. The number of aromatic nitrogens is 2. The summed E-state index contributed by atoms with van der Waals surface area (Å²) in [5.41, 5.74) is 2.15. The van der Waals surface area contributed by atoms with Gasteiger partial charge in [0.1, 0.15) is 11.6 Å². The number of hydrogen-bond acceptors (Lipinski definition) is 5. The van der Waals surface area contributed by atoms with Crippen LogP contribution >= 0.6 is 0 Å². The summed E-state index contributed by atoms with van der Waals surface area (Å²) in [4.78, 5) is 24.0. The third kappa shape index (κ3) is 4.98. The second kappa shape index (κ2) is 9.01. The quantitative estimate of drug-likeness (QED) is 0.617. The SMILES string of the molecule is CCOC(=O)COc1cccc(NC(=O)c2cnn(-c3ccc(F)cc3)c2C)c1. The highest BCUT2D eigenvalue weighted by Crippen LogP contribution is 2.20. The molecule has 1 aromatic heterocycles. The van der Waals surface area contributed by atoms with Gasteiger partial charge in [0.15, 0.2) is 6.61 Å². The first kappa shape index (κ1) is 20.1. The van der Waals surface area contributed by atoms with E-state index in [0.717, 1.165) is 0 Å². The Hall–Kier alpha value is -3.68. The Balaban J connectivity index is 1.70. The van der Waals surface area contributed by atoms with Crippen molar-refractivity contribution in [3.8, 4) is 11.4 Å². The van der Waals surface area contributed by atoms with E-state index in [0.29, 0.717) is 28.4 Å². The van der Waals surface area contributed by atoms with Gasteiger partial charge in [-0.05, 0) is 50.2 Å². The molecule has 0 radical (unpaired) electrons. The Labute approximate surface area is 167 Å². The van der Waals surface area contributed by atoms with Crippen molar-refractivity contribution in [1.82, 2.24) is 9.78 Å². The number of halogens is 1. The highest BCUT2D eigenvalue weighted by molar-refractivity contribution is 6.05. The highest BCUT2D eigenvalue weighted by atomic mass is 19.1. The number of carbonyl (C=O) groups is 2. The third-order valence-corrected chi connectivity index (χ3v) is 4.08. The standard InChI is InChI=1S/C21H20FN3O4/c1-3-28-20(26)13-29-18-6-4-5-16(11-18)24-21(27)19-12-23-25(14(19)2)17-9-7-15(22)8-10-17/h4-12H,3,13H2,1-2H3,(H,24,27). The molecule has 1 heterocycles. The summed E-state index contributed by atoms with van der Waals surface area (Å²) in [6, 6.07) is 12.5. The van der Waals surface area contributed by atoms with Crippen LogP contribution in [0.25, 0.3) is 5.69 Å². The lowest BCUT2D eigenvalue weighted by atomic mass is 10.2. The number of carbonyl (C=O) groups excluding carboxylic acids is 2. The fourth-order valence-electron chi connectivity index (χ4n) is 2.68. The van der Waals surface area contributed by atoms with E-state index in [4.69, 9.17) is 9.47 Å². The molecule has 1 N–H and O–H groups in total. The van der Waals surface area contributed by atoms with Gasteiger partial charge in [0.2, 0.25) is 0 Å². The van der Waals surface area contributed by atoms with Crippen molar-refractivity contribution in [3.63, 3.8) is 0 Å². The predicted octanol–water partition coefficient (Wildman–Crippen LogP) is 3.51. The van der Waals surface area contributed by atoms with E-state index >= 15 is 0 Å². The van der Waals surface area contributed by atoms with Crippen LogP contribution in [0, 0.1) is 12.7 Å². The lowest BCUT2D eigenvalue weighted by Crippen LogP contribution is -2.15. The minimum Gasteiger partial charge on any atom is -0.482 e. The van der Waals surface area contributed by atoms with Gasteiger partial charge in [0.25, 0.3) is 5.91 Å². The Morgan fingerprint density at radius 1 is 1.17 bits per heavy atom. The van der Waals surface area contributed by atoms with Gasteiger partial charge in [-0.15, -0.1) is 0 Å². The van der Waals surface area contributed by atoms with E-state index in [1.165, 1.54) is 18.3 Å². The van der Waals surface area contributed by atoms with Gasteiger partial charge < -0.3 is 14.8 Å². The first-order chi connectivity index (χ1) is 14.0. The van der Waals surface area contributed by atoms with Crippen LogP contribution in [-0.2, 0) is 9.53 Å². The molecule has 1 amide bonds. The number of anilines is 1. The van der Waals surface area contributed by atoms with Crippen molar-refractivity contribution in [2.45, 2.75) is 13.8 Å². The van der Waals surface area contributed by atoms with Crippen LogP contribution < -0.4 is 10.1 Å². The number of ether oxygens (including phenoxy) is 2. The molecule has 29 heavy (non-hydrogen) atoms. The molecule has 0 unspecified atom stereocenters. The fraction of sp³-hybridized carbons (Fsp3) is 0.190. The monoisotopic (exact) mass is 397 g/mol. The van der Waals surface area contributed by atoms with Crippen molar-refractivity contribution in [2.75, 3.05) is 18.5 Å². The molecule has 0 atom stereocenters. The summed E-state index contributed by atoms with van der Waals surface area (Å²) in [7, 11) is 0. The van der Waals surface area contributed by atoms with Crippen LogP contribution in [0.15, 0.2) is 54.7 Å². The summed E-state index contributed by atoms with van der Waals surface area (Å²) in [6.07, 6.45) is 1.45. The summed E-state index contributed by atoms with van der Waals surface area (Å²) in [5.74, 6) is -0.736. The van der Waals surface area contributed by atoms with Crippen LogP contribution in [0.4, 0.5) is 10.1 Å².